The van der Waals surface area contributed by atoms with Crippen molar-refractivity contribution < 1.29 is 4.74 Å². The molecule has 5 nitrogen and oxygen atoms in total. The fraction of sp³-hybridized carbons (Fsp3) is 0.375. The van der Waals surface area contributed by atoms with Crippen LogP contribution in [0.1, 0.15) is 24.5 Å². The molecule has 0 spiro atoms. The van der Waals surface area contributed by atoms with Gasteiger partial charge in [-0.15, -0.1) is 0 Å². The van der Waals surface area contributed by atoms with Crippen molar-refractivity contribution in [1.29, 1.82) is 0 Å². The maximum Gasteiger partial charge on any atom is 0.293 e. The van der Waals surface area contributed by atoms with E-state index in [2.05, 4.69) is 10.3 Å². The van der Waals surface area contributed by atoms with Gasteiger partial charge in [-0.25, -0.2) is 4.98 Å². The number of aromatic nitrogens is 2. The number of benzene rings is 1. The highest BCUT2D eigenvalue weighted by Crippen LogP contribution is 2.11. The van der Waals surface area contributed by atoms with Crippen LogP contribution in [-0.4, -0.2) is 16.7 Å². The second-order valence-corrected chi connectivity index (χ2v) is 4.83. The summed E-state index contributed by atoms with van der Waals surface area (Å²) in [5.41, 5.74) is 2.13. The van der Waals surface area contributed by atoms with E-state index in [0.717, 1.165) is 17.5 Å². The summed E-state index contributed by atoms with van der Waals surface area (Å²) in [6.07, 6.45) is 4.29. The normalized spacial score (nSPS) is 10.6. The molecule has 0 fully saturated rings. The zero-order valence-corrected chi connectivity index (χ0v) is 12.5. The molecule has 2 aromatic rings. The summed E-state index contributed by atoms with van der Waals surface area (Å²) in [5, 5.41) is 3.13. The lowest BCUT2D eigenvalue weighted by Gasteiger charge is -2.11. The number of nitrogens with zero attached hydrogens (tertiary/aromatic N) is 2. The number of aryl methyl sites for hydroxylation is 1. The summed E-state index contributed by atoms with van der Waals surface area (Å²) < 4.78 is 6.86. The highest BCUT2D eigenvalue weighted by Gasteiger charge is 2.06. The zero-order valence-electron chi connectivity index (χ0n) is 12.5. The number of rotatable bonds is 7. The zero-order chi connectivity index (χ0) is 15.1. The first-order valence-electron chi connectivity index (χ1n) is 7.11. The van der Waals surface area contributed by atoms with Gasteiger partial charge in [0.15, 0.2) is 5.82 Å². The molecule has 5 heteroatoms. The molecule has 21 heavy (non-hydrogen) atoms. The maximum absolute atomic E-state index is 12.2. The topological polar surface area (TPSA) is 56.1 Å². The first kappa shape index (κ1) is 15.3. The minimum atomic E-state index is -0.0800. The minimum absolute atomic E-state index is 0.0800. The molecule has 0 amide bonds. The predicted molar refractivity (Wildman–Crippen MR) is 83.3 cm³/mol. The summed E-state index contributed by atoms with van der Waals surface area (Å²) in [6, 6.07) is 8.00. The van der Waals surface area contributed by atoms with Crippen molar-refractivity contribution >= 4 is 5.82 Å². The largest absolute Gasteiger partial charge is 0.380 e. The Hall–Kier alpha value is -2.14. The van der Waals surface area contributed by atoms with E-state index in [4.69, 9.17) is 4.74 Å². The van der Waals surface area contributed by atoms with E-state index >= 15 is 0 Å². The Bertz CT molecular complexity index is 637. The monoisotopic (exact) mass is 287 g/mol. The van der Waals surface area contributed by atoms with Gasteiger partial charge >= 0.3 is 0 Å². The van der Waals surface area contributed by atoms with Crippen LogP contribution in [0.3, 0.4) is 0 Å². The van der Waals surface area contributed by atoms with Crippen molar-refractivity contribution in [1.82, 2.24) is 9.55 Å². The van der Waals surface area contributed by atoms with E-state index in [9.17, 15) is 4.79 Å². The molecule has 2 rings (SSSR count). The molecule has 0 unspecified atom stereocenters. The molecule has 0 radical (unpaired) electrons. The molecule has 0 aliphatic heterocycles. The van der Waals surface area contributed by atoms with E-state index in [1.54, 1.807) is 24.1 Å². The molecule has 0 saturated carbocycles. The Kier molecular flexibility index (Phi) is 5.51. The van der Waals surface area contributed by atoms with Crippen molar-refractivity contribution in [3.63, 3.8) is 0 Å². The molecule has 0 aliphatic carbocycles. The van der Waals surface area contributed by atoms with E-state index in [1.165, 1.54) is 0 Å². The molecule has 1 aromatic carbocycles. The van der Waals surface area contributed by atoms with Crippen LogP contribution in [-0.2, 0) is 24.4 Å². The number of ether oxygens (including phenoxy) is 1. The van der Waals surface area contributed by atoms with Crippen molar-refractivity contribution in [2.24, 2.45) is 0 Å². The Labute approximate surface area is 124 Å². The second-order valence-electron chi connectivity index (χ2n) is 4.83. The van der Waals surface area contributed by atoms with Crippen LogP contribution in [0.4, 0.5) is 5.82 Å². The van der Waals surface area contributed by atoms with Gasteiger partial charge in [-0.05, 0) is 17.5 Å². The fourth-order valence-electron chi connectivity index (χ4n) is 2.19. The Morgan fingerprint density at radius 2 is 2.05 bits per heavy atom. The highest BCUT2D eigenvalue weighted by molar-refractivity contribution is 5.35. The number of anilines is 1. The van der Waals surface area contributed by atoms with Crippen molar-refractivity contribution in [2.75, 3.05) is 12.4 Å². The van der Waals surface area contributed by atoms with Gasteiger partial charge in [-0.2, -0.15) is 0 Å². The van der Waals surface area contributed by atoms with E-state index in [1.807, 2.05) is 31.2 Å². The third kappa shape index (κ3) is 3.92. The molecule has 0 atom stereocenters. The quantitative estimate of drug-likeness (QED) is 0.849. The van der Waals surface area contributed by atoms with Crippen LogP contribution >= 0.6 is 0 Å². The second kappa shape index (κ2) is 7.59. The van der Waals surface area contributed by atoms with Gasteiger partial charge < -0.3 is 14.6 Å². The average molecular weight is 287 g/mol. The van der Waals surface area contributed by atoms with Gasteiger partial charge in [-0.1, -0.05) is 31.2 Å². The van der Waals surface area contributed by atoms with Crippen LogP contribution in [0.5, 0.6) is 0 Å². The van der Waals surface area contributed by atoms with Crippen LogP contribution in [0.15, 0.2) is 41.5 Å². The molecule has 112 valence electrons. The summed E-state index contributed by atoms with van der Waals surface area (Å²) in [5.74, 6) is 0.387. The smallest absolute Gasteiger partial charge is 0.293 e. The van der Waals surface area contributed by atoms with Crippen LogP contribution < -0.4 is 10.9 Å². The molecule has 1 heterocycles. The summed E-state index contributed by atoms with van der Waals surface area (Å²) in [4.78, 5) is 16.3. The molecule has 1 N–H and O–H groups in total. The average Bonchev–Trinajstić information content (AvgIpc) is 2.50. The van der Waals surface area contributed by atoms with E-state index < -0.39 is 0 Å². The number of hydrogen-bond acceptors (Lipinski definition) is 4. The highest BCUT2D eigenvalue weighted by atomic mass is 16.5. The lowest BCUT2D eigenvalue weighted by atomic mass is 10.1. The Morgan fingerprint density at radius 1 is 1.29 bits per heavy atom. The van der Waals surface area contributed by atoms with Crippen LogP contribution in [0, 0.1) is 0 Å². The van der Waals surface area contributed by atoms with E-state index in [0.29, 0.717) is 25.5 Å². The predicted octanol–water partition coefficient (Wildman–Crippen LogP) is 2.41. The summed E-state index contributed by atoms with van der Waals surface area (Å²) in [7, 11) is 1.67. The molecular weight excluding hydrogens is 266 g/mol. The Balaban J connectivity index is 2.13. The van der Waals surface area contributed by atoms with Crippen molar-refractivity contribution in [3.8, 4) is 0 Å². The minimum Gasteiger partial charge on any atom is -0.380 e. The van der Waals surface area contributed by atoms with E-state index in [-0.39, 0.29) is 5.56 Å². The molecule has 0 saturated heterocycles. The number of nitrogens with one attached hydrogen (secondary N) is 1. The lowest BCUT2D eigenvalue weighted by molar-refractivity contribution is 0.184. The van der Waals surface area contributed by atoms with Gasteiger partial charge in [0, 0.05) is 32.6 Å². The molecule has 0 aliphatic rings. The lowest BCUT2D eigenvalue weighted by Crippen LogP contribution is -2.24. The van der Waals surface area contributed by atoms with Crippen LogP contribution in [0.25, 0.3) is 0 Å². The van der Waals surface area contributed by atoms with Gasteiger partial charge in [0.05, 0.1) is 6.61 Å². The number of methoxy groups -OCH3 is 1. The number of hydrogen-bond donors (Lipinski definition) is 1. The SMILES string of the molecule is CCCn1ccnc(NCc2ccccc2COC)c1=O. The third-order valence-electron chi connectivity index (χ3n) is 3.24. The summed E-state index contributed by atoms with van der Waals surface area (Å²) in [6.45, 7) is 3.86. The van der Waals surface area contributed by atoms with Crippen LogP contribution in [0.2, 0.25) is 0 Å². The standard InChI is InChI=1S/C16H21N3O2/c1-3-9-19-10-8-17-15(16(19)20)18-11-13-6-4-5-7-14(13)12-21-2/h4-8,10H,3,9,11-12H2,1-2H3,(H,17,18). The van der Waals surface area contributed by atoms with Gasteiger partial charge in [-0.3, -0.25) is 4.79 Å². The molecular formula is C16H21N3O2. The van der Waals surface area contributed by atoms with Crippen molar-refractivity contribution in [2.45, 2.75) is 33.0 Å². The maximum atomic E-state index is 12.2. The Morgan fingerprint density at radius 3 is 2.76 bits per heavy atom. The van der Waals surface area contributed by atoms with Crippen molar-refractivity contribution in [3.05, 3.63) is 58.1 Å². The third-order valence-corrected chi connectivity index (χ3v) is 3.24. The van der Waals surface area contributed by atoms with Gasteiger partial charge in [0.1, 0.15) is 0 Å². The van der Waals surface area contributed by atoms with Gasteiger partial charge in [0.25, 0.3) is 5.56 Å². The first-order valence-corrected chi connectivity index (χ1v) is 7.11. The van der Waals surface area contributed by atoms with Gasteiger partial charge in [0.2, 0.25) is 0 Å². The molecule has 0 bridgehead atoms. The first-order chi connectivity index (χ1) is 10.3. The fourth-order valence-corrected chi connectivity index (χ4v) is 2.19. The summed E-state index contributed by atoms with van der Waals surface area (Å²) >= 11 is 0. The molecule has 1 aromatic heterocycles.